The summed E-state index contributed by atoms with van der Waals surface area (Å²) in [5, 5.41) is 19.8. The van der Waals surface area contributed by atoms with Crippen molar-refractivity contribution in [2.75, 3.05) is 19.7 Å². The van der Waals surface area contributed by atoms with Crippen LogP contribution in [0.25, 0.3) is 16.6 Å². The second kappa shape index (κ2) is 9.90. The molecule has 1 saturated heterocycles. The van der Waals surface area contributed by atoms with Crippen molar-refractivity contribution in [2.45, 2.75) is 25.2 Å². The van der Waals surface area contributed by atoms with E-state index in [1.54, 1.807) is 18.2 Å². The summed E-state index contributed by atoms with van der Waals surface area (Å²) in [5.74, 6) is -0.490. The molecule has 0 saturated carbocycles. The Morgan fingerprint density at radius 1 is 1.17 bits per heavy atom. The van der Waals surface area contributed by atoms with Crippen LogP contribution in [0.3, 0.4) is 0 Å². The number of aromatic nitrogens is 2. The third kappa shape index (κ3) is 5.21. The van der Waals surface area contributed by atoms with Crippen molar-refractivity contribution in [1.82, 2.24) is 14.3 Å². The Kier molecular flexibility index (Phi) is 6.91. The van der Waals surface area contributed by atoms with Crippen LogP contribution in [-0.4, -0.2) is 53.5 Å². The Morgan fingerprint density at radius 3 is 2.46 bits per heavy atom. The fourth-order valence-electron chi connectivity index (χ4n) is 4.33. The first-order chi connectivity index (χ1) is 16.7. The highest BCUT2D eigenvalue weighted by Crippen LogP contribution is 2.27. The topological polar surface area (TPSA) is 136 Å². The third-order valence-electron chi connectivity index (χ3n) is 5.93. The van der Waals surface area contributed by atoms with Crippen molar-refractivity contribution < 1.29 is 23.1 Å². The van der Waals surface area contributed by atoms with Crippen LogP contribution in [0.1, 0.15) is 36.5 Å². The van der Waals surface area contributed by atoms with Crippen LogP contribution < -0.4 is 0 Å². The van der Waals surface area contributed by atoms with Gasteiger partial charge in [-0.15, -0.1) is 0 Å². The molecule has 0 radical (unpaired) electrons. The number of imidazole rings is 1. The quantitative estimate of drug-likeness (QED) is 0.301. The first-order valence-electron chi connectivity index (χ1n) is 11.2. The van der Waals surface area contributed by atoms with Crippen LogP contribution in [0.4, 0.5) is 0 Å². The predicted molar refractivity (Wildman–Crippen MR) is 130 cm³/mol. The molecule has 1 aliphatic heterocycles. The van der Waals surface area contributed by atoms with E-state index in [0.29, 0.717) is 24.1 Å². The van der Waals surface area contributed by atoms with Crippen molar-refractivity contribution in [3.05, 3.63) is 65.7 Å². The maximum atomic E-state index is 13.0. The molecule has 2 unspecified atom stereocenters. The van der Waals surface area contributed by atoms with Gasteiger partial charge in [-0.05, 0) is 54.7 Å². The molecule has 1 aromatic heterocycles. The number of carbonyl (C=O) groups is 1. The molecule has 0 amide bonds. The van der Waals surface area contributed by atoms with Gasteiger partial charge in [-0.2, -0.15) is 9.57 Å². The number of nitriles is 1. The van der Waals surface area contributed by atoms with E-state index < -0.39 is 28.4 Å². The molecule has 0 bridgehead atoms. The number of aromatic amines is 1. The molecule has 35 heavy (non-hydrogen) atoms. The molecule has 2 atom stereocenters. The molecule has 3 aromatic rings. The number of aliphatic hydroxyl groups is 1. The molecule has 1 aliphatic rings. The number of sulfonamides is 1. The summed E-state index contributed by atoms with van der Waals surface area (Å²) >= 11 is 0. The Balaban J connectivity index is 1.45. The lowest BCUT2D eigenvalue weighted by atomic mass is 9.94. The second-order valence-corrected chi connectivity index (χ2v) is 10.8. The minimum absolute atomic E-state index is 0.106. The van der Waals surface area contributed by atoms with Gasteiger partial charge in [-0.1, -0.05) is 26.0 Å². The normalized spacial score (nSPS) is 19.7. The van der Waals surface area contributed by atoms with Gasteiger partial charge in [0.1, 0.15) is 18.2 Å². The number of nitrogens with one attached hydrogen (secondary N) is 1. The number of H-pyrrole nitrogens is 1. The van der Waals surface area contributed by atoms with Crippen LogP contribution in [0.2, 0.25) is 0 Å². The maximum Gasteiger partial charge on any atom is 0.338 e. The molecule has 0 spiro atoms. The number of carbonyl (C=O) groups excluding carboxylic acids is 1. The highest BCUT2D eigenvalue weighted by molar-refractivity contribution is 7.89. The lowest BCUT2D eigenvalue weighted by Crippen LogP contribution is -2.42. The van der Waals surface area contributed by atoms with E-state index in [9.17, 15) is 23.6 Å². The standard InChI is InChI=1S/C25H26N4O5S/c1-16-11-17(2)14-29(13-16)35(32,33)19-9-7-18(8-10-19)25(31)34-15-23(30)20(12-26)24-27-21-5-3-4-6-22(21)28-24/h3-10,16-17,30H,11,13-15H2,1-2H3,(H,27,28)/b23-20-. The van der Waals surface area contributed by atoms with E-state index >= 15 is 0 Å². The van der Waals surface area contributed by atoms with Gasteiger partial charge in [0.2, 0.25) is 10.0 Å². The SMILES string of the molecule is CC1CC(C)CN(S(=O)(=O)c2ccc(C(=O)OC/C(O)=C(\C#N)c3nc4ccccc4[nH]3)cc2)C1. The van der Waals surface area contributed by atoms with Gasteiger partial charge in [0.15, 0.2) is 11.6 Å². The van der Waals surface area contributed by atoms with Gasteiger partial charge >= 0.3 is 5.97 Å². The largest absolute Gasteiger partial charge is 0.507 e. The van der Waals surface area contributed by atoms with Crippen LogP contribution >= 0.6 is 0 Å². The molecule has 9 nitrogen and oxygen atoms in total. The number of hydrogen-bond acceptors (Lipinski definition) is 7. The Morgan fingerprint density at radius 2 is 1.83 bits per heavy atom. The van der Waals surface area contributed by atoms with E-state index in [0.717, 1.165) is 6.42 Å². The average Bonchev–Trinajstić information content (AvgIpc) is 3.26. The Bertz CT molecular complexity index is 1380. The minimum atomic E-state index is -3.67. The summed E-state index contributed by atoms with van der Waals surface area (Å²) in [5.41, 5.74) is 1.31. The Hall–Kier alpha value is -3.68. The van der Waals surface area contributed by atoms with Gasteiger partial charge in [-0.25, -0.2) is 18.2 Å². The fraction of sp³-hybridized carbons (Fsp3) is 0.320. The molecule has 2 heterocycles. The van der Waals surface area contributed by atoms with Gasteiger partial charge in [0.25, 0.3) is 0 Å². The highest BCUT2D eigenvalue weighted by atomic mass is 32.2. The zero-order valence-corrected chi connectivity index (χ0v) is 20.2. The lowest BCUT2D eigenvalue weighted by molar-refractivity contribution is 0.0502. The van der Waals surface area contributed by atoms with Crippen LogP contribution in [0.5, 0.6) is 0 Å². The number of fused-ring (bicyclic) bond motifs is 1. The number of allylic oxidation sites excluding steroid dienone is 1. The monoisotopic (exact) mass is 494 g/mol. The molecule has 1 fully saturated rings. The predicted octanol–water partition coefficient (Wildman–Crippen LogP) is 3.88. The number of aliphatic hydroxyl groups excluding tert-OH is 1. The molecule has 0 aliphatic carbocycles. The van der Waals surface area contributed by atoms with E-state index in [1.165, 1.54) is 28.6 Å². The summed E-state index contributed by atoms with van der Waals surface area (Å²) in [7, 11) is -3.67. The highest BCUT2D eigenvalue weighted by Gasteiger charge is 2.31. The molecule has 4 rings (SSSR count). The number of benzene rings is 2. The first-order valence-corrected chi connectivity index (χ1v) is 12.7. The van der Waals surface area contributed by atoms with Crippen LogP contribution in [0, 0.1) is 23.2 Å². The van der Waals surface area contributed by atoms with Gasteiger partial charge in [0, 0.05) is 13.1 Å². The number of ether oxygens (including phenoxy) is 1. The molecule has 2 aromatic carbocycles. The number of nitrogens with zero attached hydrogens (tertiary/aromatic N) is 3. The molecule has 2 N–H and O–H groups in total. The van der Waals surface area contributed by atoms with Gasteiger partial charge in [0.05, 0.1) is 21.5 Å². The van der Waals surface area contributed by atoms with Gasteiger partial charge < -0.3 is 14.8 Å². The first kappa shape index (κ1) is 24.4. The zero-order chi connectivity index (χ0) is 25.2. The number of para-hydroxylation sites is 2. The van der Waals surface area contributed by atoms with Crippen molar-refractivity contribution in [3.8, 4) is 6.07 Å². The van der Waals surface area contributed by atoms with Crippen molar-refractivity contribution in [3.63, 3.8) is 0 Å². The summed E-state index contributed by atoms with van der Waals surface area (Å²) in [6, 6.07) is 14.5. The molecular weight excluding hydrogens is 468 g/mol. The number of piperidine rings is 1. The molecular formula is C25H26N4O5S. The number of hydrogen-bond donors (Lipinski definition) is 2. The minimum Gasteiger partial charge on any atom is -0.507 e. The summed E-state index contributed by atoms with van der Waals surface area (Å²) in [6.07, 6.45) is 0.988. The van der Waals surface area contributed by atoms with Gasteiger partial charge in [-0.3, -0.25) is 0 Å². The molecule has 182 valence electrons. The van der Waals surface area contributed by atoms with E-state index in [-0.39, 0.29) is 33.7 Å². The fourth-order valence-corrected chi connectivity index (χ4v) is 6.01. The average molecular weight is 495 g/mol. The summed E-state index contributed by atoms with van der Waals surface area (Å²) < 4.78 is 32.7. The van der Waals surface area contributed by atoms with Crippen molar-refractivity contribution >= 4 is 32.6 Å². The van der Waals surface area contributed by atoms with Crippen molar-refractivity contribution in [2.24, 2.45) is 11.8 Å². The van der Waals surface area contributed by atoms with E-state index in [1.807, 2.05) is 26.0 Å². The van der Waals surface area contributed by atoms with E-state index in [4.69, 9.17) is 4.74 Å². The van der Waals surface area contributed by atoms with Crippen LogP contribution in [-0.2, 0) is 14.8 Å². The third-order valence-corrected chi connectivity index (χ3v) is 7.78. The van der Waals surface area contributed by atoms with Crippen molar-refractivity contribution in [1.29, 1.82) is 5.26 Å². The van der Waals surface area contributed by atoms with Crippen LogP contribution in [0.15, 0.2) is 59.2 Å². The maximum absolute atomic E-state index is 13.0. The zero-order valence-electron chi connectivity index (χ0n) is 19.4. The molecule has 10 heteroatoms. The Labute approximate surface area is 203 Å². The number of rotatable bonds is 6. The summed E-state index contributed by atoms with van der Waals surface area (Å²) in [6.45, 7) is 4.46. The smallest absolute Gasteiger partial charge is 0.338 e. The van der Waals surface area contributed by atoms with E-state index in [2.05, 4.69) is 9.97 Å². The second-order valence-electron chi connectivity index (χ2n) is 8.90. The summed E-state index contributed by atoms with van der Waals surface area (Å²) in [4.78, 5) is 19.8. The lowest BCUT2D eigenvalue weighted by Gasteiger charge is -2.34. The number of esters is 1.